The van der Waals surface area contributed by atoms with E-state index in [1.54, 1.807) is 38.1 Å². The number of amides is 1. The second-order valence-electron chi connectivity index (χ2n) is 5.69. The summed E-state index contributed by atoms with van der Waals surface area (Å²) in [6.07, 6.45) is 0. The Labute approximate surface area is 150 Å². The van der Waals surface area contributed by atoms with Crippen molar-refractivity contribution < 1.29 is 13.2 Å². The quantitative estimate of drug-likeness (QED) is 0.794. The molecule has 128 valence electrons. The molecule has 2 aromatic rings. The van der Waals surface area contributed by atoms with Crippen LogP contribution in [0.1, 0.15) is 23.6 Å². The van der Waals surface area contributed by atoms with Gasteiger partial charge >= 0.3 is 0 Å². The van der Waals surface area contributed by atoms with Crippen LogP contribution in [0.3, 0.4) is 0 Å². The number of rotatable bonds is 4. The molecule has 0 radical (unpaired) electrons. The number of anilines is 2. The van der Waals surface area contributed by atoms with Gasteiger partial charge in [-0.3, -0.25) is 9.52 Å². The summed E-state index contributed by atoms with van der Waals surface area (Å²) in [7, 11) is -3.73. The van der Waals surface area contributed by atoms with Gasteiger partial charge in [-0.2, -0.15) is 0 Å². The average Bonchev–Trinajstić information content (AvgIpc) is 2.40. The van der Waals surface area contributed by atoms with E-state index in [4.69, 9.17) is 0 Å². The summed E-state index contributed by atoms with van der Waals surface area (Å²) in [5, 5.41) is 2.67. The number of hydrogen-bond acceptors (Lipinski definition) is 3. The Morgan fingerprint density at radius 2 is 1.54 bits per heavy atom. The Morgan fingerprint density at radius 3 is 2.04 bits per heavy atom. The van der Waals surface area contributed by atoms with Gasteiger partial charge in [0.2, 0.25) is 5.91 Å². The molecule has 0 aromatic heterocycles. The van der Waals surface area contributed by atoms with Crippen molar-refractivity contribution in [2.75, 3.05) is 10.0 Å². The van der Waals surface area contributed by atoms with Gasteiger partial charge in [-0.05, 0) is 61.7 Å². The van der Waals surface area contributed by atoms with Gasteiger partial charge in [0.25, 0.3) is 10.0 Å². The van der Waals surface area contributed by atoms with E-state index < -0.39 is 10.0 Å². The fourth-order valence-corrected chi connectivity index (χ4v) is 4.40. The van der Waals surface area contributed by atoms with Crippen molar-refractivity contribution in [2.24, 2.45) is 0 Å². The molecule has 5 nitrogen and oxygen atoms in total. The number of carbonyl (C=O) groups is 1. The Hall–Kier alpha value is -1.86. The number of nitrogens with one attached hydrogen (secondary N) is 2. The van der Waals surface area contributed by atoms with Crippen LogP contribution in [-0.2, 0) is 14.8 Å². The number of halogens is 1. The molecule has 0 saturated heterocycles. The lowest BCUT2D eigenvalue weighted by Crippen LogP contribution is -2.16. The molecule has 2 rings (SSSR count). The van der Waals surface area contributed by atoms with Crippen molar-refractivity contribution in [2.45, 2.75) is 32.6 Å². The summed E-state index contributed by atoms with van der Waals surface area (Å²) in [5.41, 5.74) is 3.21. The maximum Gasteiger partial charge on any atom is 0.262 e. The molecule has 0 atom stereocenters. The number of carbonyl (C=O) groups excluding carboxylic acids is 1. The smallest absolute Gasteiger partial charge is 0.262 e. The predicted octanol–water partition coefficient (Wildman–Crippen LogP) is 4.13. The zero-order valence-corrected chi connectivity index (χ0v) is 16.3. The van der Waals surface area contributed by atoms with Gasteiger partial charge in [-0.25, -0.2) is 8.42 Å². The lowest BCUT2D eigenvalue weighted by atomic mass is 10.1. The lowest BCUT2D eigenvalue weighted by Gasteiger charge is -2.15. The third-order valence-corrected chi connectivity index (χ3v) is 6.01. The largest absolute Gasteiger partial charge is 0.326 e. The first-order valence-corrected chi connectivity index (χ1v) is 9.55. The van der Waals surface area contributed by atoms with Gasteiger partial charge < -0.3 is 5.32 Å². The second-order valence-corrected chi connectivity index (χ2v) is 8.16. The first-order valence-electron chi connectivity index (χ1n) is 7.28. The Balaban J connectivity index is 2.41. The van der Waals surface area contributed by atoms with Gasteiger partial charge in [0.05, 0.1) is 4.90 Å². The Kier molecular flexibility index (Phi) is 5.35. The summed E-state index contributed by atoms with van der Waals surface area (Å²) in [6, 6.07) is 8.57. The van der Waals surface area contributed by atoms with Crippen LogP contribution < -0.4 is 10.0 Å². The maximum atomic E-state index is 12.8. The number of aryl methyl sites for hydroxylation is 3. The summed E-state index contributed by atoms with van der Waals surface area (Å²) in [4.78, 5) is 11.4. The number of sulfonamides is 1. The molecule has 0 bridgehead atoms. The molecule has 1 amide bonds. The minimum Gasteiger partial charge on any atom is -0.326 e. The van der Waals surface area contributed by atoms with Crippen molar-refractivity contribution in [1.29, 1.82) is 0 Å². The molecule has 0 spiro atoms. The molecule has 2 aromatic carbocycles. The summed E-state index contributed by atoms with van der Waals surface area (Å²) in [5.74, 6) is -0.202. The zero-order chi connectivity index (χ0) is 18.1. The Morgan fingerprint density at radius 1 is 0.958 bits per heavy atom. The van der Waals surface area contributed by atoms with Crippen molar-refractivity contribution in [3.63, 3.8) is 0 Å². The lowest BCUT2D eigenvalue weighted by molar-refractivity contribution is -0.114. The Bertz CT molecular complexity index is 885. The molecule has 0 unspecified atom stereocenters. The summed E-state index contributed by atoms with van der Waals surface area (Å²) < 4.78 is 28.9. The van der Waals surface area contributed by atoms with Gasteiger partial charge in [0.15, 0.2) is 0 Å². The van der Waals surface area contributed by atoms with E-state index >= 15 is 0 Å². The van der Waals surface area contributed by atoms with E-state index in [0.29, 0.717) is 22.5 Å². The van der Waals surface area contributed by atoms with Crippen molar-refractivity contribution in [3.8, 4) is 0 Å². The monoisotopic (exact) mass is 410 g/mol. The van der Waals surface area contributed by atoms with Crippen LogP contribution in [0.15, 0.2) is 39.7 Å². The van der Waals surface area contributed by atoms with E-state index in [2.05, 4.69) is 26.0 Å². The maximum absolute atomic E-state index is 12.8. The molecule has 0 aliphatic carbocycles. The first-order chi connectivity index (χ1) is 11.1. The summed E-state index contributed by atoms with van der Waals surface area (Å²) in [6.45, 7) is 6.75. The predicted molar refractivity (Wildman–Crippen MR) is 99.9 cm³/mol. The van der Waals surface area contributed by atoms with Crippen molar-refractivity contribution in [1.82, 2.24) is 0 Å². The molecule has 0 saturated carbocycles. The van der Waals surface area contributed by atoms with Gasteiger partial charge in [-0.1, -0.05) is 22.0 Å². The molecule has 7 heteroatoms. The van der Waals surface area contributed by atoms with Gasteiger partial charge in [0, 0.05) is 22.8 Å². The second kappa shape index (κ2) is 6.94. The highest BCUT2D eigenvalue weighted by molar-refractivity contribution is 9.10. The molecular weight excluding hydrogens is 392 g/mol. The van der Waals surface area contributed by atoms with Crippen LogP contribution >= 0.6 is 15.9 Å². The van der Waals surface area contributed by atoms with Gasteiger partial charge in [0.1, 0.15) is 0 Å². The fraction of sp³-hybridized carbons (Fsp3) is 0.235. The van der Waals surface area contributed by atoms with E-state index in [0.717, 1.165) is 10.0 Å². The normalized spacial score (nSPS) is 11.2. The molecule has 0 fully saturated rings. The topological polar surface area (TPSA) is 75.3 Å². The average molecular weight is 411 g/mol. The van der Waals surface area contributed by atoms with Crippen LogP contribution in [-0.4, -0.2) is 14.3 Å². The highest BCUT2D eigenvalue weighted by atomic mass is 79.9. The highest BCUT2D eigenvalue weighted by Crippen LogP contribution is 2.28. The fourth-order valence-electron chi connectivity index (χ4n) is 2.51. The molecular formula is C17H19BrN2O3S. The standard InChI is InChI=1S/C17H19BrN2O3S/c1-10-5-6-14(9-16(10)18)20-24(22,23)17-11(2)7-15(8-12(17)3)19-13(4)21/h5-9,20H,1-4H3,(H,19,21). The van der Waals surface area contributed by atoms with E-state index in [9.17, 15) is 13.2 Å². The van der Waals surface area contributed by atoms with E-state index in [-0.39, 0.29) is 10.8 Å². The van der Waals surface area contributed by atoms with E-state index in [1.165, 1.54) is 6.92 Å². The molecule has 0 aliphatic rings. The van der Waals surface area contributed by atoms with Crippen LogP contribution in [0.2, 0.25) is 0 Å². The van der Waals surface area contributed by atoms with Crippen LogP contribution in [0, 0.1) is 20.8 Å². The zero-order valence-electron chi connectivity index (χ0n) is 13.9. The number of hydrogen-bond donors (Lipinski definition) is 2. The van der Waals surface area contributed by atoms with Crippen molar-refractivity contribution >= 4 is 43.2 Å². The minimum absolute atomic E-state index is 0.202. The third kappa shape index (κ3) is 4.15. The molecule has 0 heterocycles. The van der Waals surface area contributed by atoms with E-state index in [1.807, 2.05) is 13.0 Å². The SMILES string of the molecule is CC(=O)Nc1cc(C)c(S(=O)(=O)Nc2ccc(C)c(Br)c2)c(C)c1. The number of benzene rings is 2. The minimum atomic E-state index is -3.73. The van der Waals surface area contributed by atoms with Crippen molar-refractivity contribution in [3.05, 3.63) is 51.5 Å². The van der Waals surface area contributed by atoms with Crippen LogP contribution in [0.4, 0.5) is 11.4 Å². The third-order valence-electron chi connectivity index (χ3n) is 3.47. The molecule has 0 aliphatic heterocycles. The van der Waals surface area contributed by atoms with Crippen LogP contribution in [0.25, 0.3) is 0 Å². The first kappa shape index (κ1) is 18.5. The van der Waals surface area contributed by atoms with Crippen LogP contribution in [0.5, 0.6) is 0 Å². The molecule has 2 N–H and O–H groups in total. The summed E-state index contributed by atoms with van der Waals surface area (Å²) >= 11 is 3.40. The highest BCUT2D eigenvalue weighted by Gasteiger charge is 2.21. The van der Waals surface area contributed by atoms with Gasteiger partial charge in [-0.15, -0.1) is 0 Å². The molecule has 24 heavy (non-hydrogen) atoms.